The molecule has 34 heavy (non-hydrogen) atoms. The summed E-state index contributed by atoms with van der Waals surface area (Å²) in [6.45, 7) is 6.71. The van der Waals surface area contributed by atoms with Crippen LogP contribution in [0.15, 0.2) is 42.5 Å². The van der Waals surface area contributed by atoms with E-state index in [1.807, 2.05) is 19.9 Å². The summed E-state index contributed by atoms with van der Waals surface area (Å²) in [4.78, 5) is 28.0. The zero-order valence-corrected chi connectivity index (χ0v) is 19.8. The van der Waals surface area contributed by atoms with Gasteiger partial charge in [0.25, 0.3) is 5.91 Å². The Bertz CT molecular complexity index is 1020. The van der Waals surface area contributed by atoms with Gasteiger partial charge in [0.05, 0.1) is 36.6 Å². The van der Waals surface area contributed by atoms with Gasteiger partial charge >= 0.3 is 0 Å². The Balaban J connectivity index is 1.81. The highest BCUT2D eigenvalue weighted by atomic mass is 16.5. The predicted octanol–water partition coefficient (Wildman–Crippen LogP) is 4.30. The van der Waals surface area contributed by atoms with Crippen molar-refractivity contribution < 1.29 is 19.1 Å². The van der Waals surface area contributed by atoms with Gasteiger partial charge in [0.15, 0.2) is 0 Å². The second-order valence-corrected chi connectivity index (χ2v) is 8.07. The van der Waals surface area contributed by atoms with Crippen molar-refractivity contribution in [2.75, 3.05) is 43.5 Å². The minimum absolute atomic E-state index is 0.0915. The van der Waals surface area contributed by atoms with Crippen LogP contribution in [-0.4, -0.2) is 49.6 Å². The molecular formula is C26H32N4O4. The van der Waals surface area contributed by atoms with E-state index in [2.05, 4.69) is 21.6 Å². The minimum atomic E-state index is -0.263. The fourth-order valence-electron chi connectivity index (χ4n) is 4.00. The van der Waals surface area contributed by atoms with E-state index >= 15 is 0 Å². The van der Waals surface area contributed by atoms with E-state index in [0.717, 1.165) is 19.4 Å². The van der Waals surface area contributed by atoms with Gasteiger partial charge in [-0.05, 0) is 45.4 Å². The van der Waals surface area contributed by atoms with Crippen molar-refractivity contribution in [3.63, 3.8) is 0 Å². The first kappa shape index (κ1) is 25.1. The highest BCUT2D eigenvalue weighted by molar-refractivity contribution is 6.05. The Hall–Kier alpha value is -3.57. The molecule has 0 aromatic heterocycles. The van der Waals surface area contributed by atoms with Crippen molar-refractivity contribution in [2.45, 2.75) is 33.1 Å². The summed E-state index contributed by atoms with van der Waals surface area (Å²) in [5.41, 5.74) is 1.50. The lowest BCUT2D eigenvalue weighted by molar-refractivity contribution is -0.121. The SMILES string of the molecule is CCOc1cc(NC(=O)C2CCCN(CCC#N)C2)c(OCC)cc1NC(=O)c1ccccc1. The fourth-order valence-corrected chi connectivity index (χ4v) is 4.00. The van der Waals surface area contributed by atoms with Crippen molar-refractivity contribution >= 4 is 23.2 Å². The summed E-state index contributed by atoms with van der Waals surface area (Å²) in [6.07, 6.45) is 2.16. The molecule has 1 atom stereocenters. The maximum atomic E-state index is 13.1. The quantitative estimate of drug-likeness (QED) is 0.543. The molecule has 1 heterocycles. The number of nitrogens with one attached hydrogen (secondary N) is 2. The summed E-state index contributed by atoms with van der Waals surface area (Å²) < 4.78 is 11.6. The van der Waals surface area contributed by atoms with Crippen LogP contribution in [0.5, 0.6) is 11.5 Å². The number of amides is 2. The molecule has 1 fully saturated rings. The molecule has 1 unspecified atom stereocenters. The molecule has 0 bridgehead atoms. The average Bonchev–Trinajstić information content (AvgIpc) is 2.86. The van der Waals surface area contributed by atoms with E-state index in [4.69, 9.17) is 14.7 Å². The van der Waals surface area contributed by atoms with E-state index in [1.54, 1.807) is 36.4 Å². The predicted molar refractivity (Wildman–Crippen MR) is 131 cm³/mol. The highest BCUT2D eigenvalue weighted by Gasteiger charge is 2.27. The average molecular weight is 465 g/mol. The number of carbonyl (C=O) groups is 2. The van der Waals surface area contributed by atoms with Crippen LogP contribution in [0.1, 0.15) is 43.5 Å². The zero-order chi connectivity index (χ0) is 24.3. The van der Waals surface area contributed by atoms with Crippen molar-refractivity contribution in [2.24, 2.45) is 5.92 Å². The third-order valence-electron chi connectivity index (χ3n) is 5.64. The molecule has 2 N–H and O–H groups in total. The number of hydrogen-bond donors (Lipinski definition) is 2. The van der Waals surface area contributed by atoms with Gasteiger partial charge in [-0.1, -0.05) is 18.2 Å². The van der Waals surface area contributed by atoms with E-state index in [-0.39, 0.29) is 17.7 Å². The molecule has 0 saturated carbocycles. The molecule has 0 aliphatic carbocycles. The Labute approximate surface area is 200 Å². The molecule has 0 spiro atoms. The van der Waals surface area contributed by atoms with Gasteiger partial charge < -0.3 is 25.0 Å². The first-order valence-corrected chi connectivity index (χ1v) is 11.8. The summed E-state index contributed by atoms with van der Waals surface area (Å²) in [7, 11) is 0. The maximum Gasteiger partial charge on any atom is 0.255 e. The van der Waals surface area contributed by atoms with Crippen molar-refractivity contribution in [1.82, 2.24) is 4.90 Å². The number of nitriles is 1. The maximum absolute atomic E-state index is 13.1. The molecule has 1 aliphatic heterocycles. The summed E-state index contributed by atoms with van der Waals surface area (Å²) in [6, 6.07) is 14.5. The third kappa shape index (κ3) is 6.72. The highest BCUT2D eigenvalue weighted by Crippen LogP contribution is 2.37. The molecule has 180 valence electrons. The first-order valence-electron chi connectivity index (χ1n) is 11.8. The summed E-state index contributed by atoms with van der Waals surface area (Å²) in [5, 5.41) is 14.7. The molecule has 1 aliphatic rings. The van der Waals surface area contributed by atoms with Crippen LogP contribution >= 0.6 is 0 Å². The standard InChI is InChI=1S/C26H32N4O4/c1-3-33-23-17-22(29-26(32)20-12-8-14-30(18-20)15-9-13-27)24(34-4-2)16-21(23)28-25(31)19-10-6-5-7-11-19/h5-7,10-11,16-17,20H,3-4,8-9,12,14-15,18H2,1-2H3,(H,28,31)(H,29,32). The van der Waals surface area contributed by atoms with Gasteiger partial charge in [-0.2, -0.15) is 5.26 Å². The number of likely N-dealkylation sites (tertiary alicyclic amines) is 1. The number of nitrogens with zero attached hydrogens (tertiary/aromatic N) is 2. The van der Waals surface area contributed by atoms with Crippen LogP contribution in [0.4, 0.5) is 11.4 Å². The number of anilines is 2. The normalized spacial score (nSPS) is 15.7. The van der Waals surface area contributed by atoms with Crippen LogP contribution in [0.25, 0.3) is 0 Å². The van der Waals surface area contributed by atoms with Gasteiger partial charge in [-0.15, -0.1) is 0 Å². The molecule has 2 amide bonds. The fraction of sp³-hybridized carbons (Fsp3) is 0.423. The zero-order valence-electron chi connectivity index (χ0n) is 19.8. The van der Waals surface area contributed by atoms with E-state index < -0.39 is 0 Å². The monoisotopic (exact) mass is 464 g/mol. The van der Waals surface area contributed by atoms with Gasteiger partial charge in [0, 0.05) is 37.2 Å². The second-order valence-electron chi connectivity index (χ2n) is 8.07. The van der Waals surface area contributed by atoms with Gasteiger partial charge in [0.1, 0.15) is 11.5 Å². The van der Waals surface area contributed by atoms with Crippen LogP contribution in [0.3, 0.4) is 0 Å². The Morgan fingerprint density at radius 1 is 1.06 bits per heavy atom. The van der Waals surface area contributed by atoms with Crippen LogP contribution in [0, 0.1) is 17.2 Å². The lowest BCUT2D eigenvalue weighted by Gasteiger charge is -2.31. The van der Waals surface area contributed by atoms with Crippen LogP contribution in [0.2, 0.25) is 0 Å². The van der Waals surface area contributed by atoms with Crippen molar-refractivity contribution in [1.29, 1.82) is 5.26 Å². The lowest BCUT2D eigenvalue weighted by Crippen LogP contribution is -2.41. The summed E-state index contributed by atoms with van der Waals surface area (Å²) in [5.74, 6) is 0.381. The Morgan fingerprint density at radius 3 is 2.32 bits per heavy atom. The Morgan fingerprint density at radius 2 is 1.71 bits per heavy atom. The summed E-state index contributed by atoms with van der Waals surface area (Å²) >= 11 is 0. The first-order chi connectivity index (χ1) is 16.5. The number of hydrogen-bond acceptors (Lipinski definition) is 6. The van der Waals surface area contributed by atoms with E-state index in [0.29, 0.717) is 61.2 Å². The van der Waals surface area contributed by atoms with Crippen molar-refractivity contribution in [3.8, 4) is 17.6 Å². The Kier molecular flexibility index (Phi) is 9.30. The molecule has 8 heteroatoms. The topological polar surface area (TPSA) is 104 Å². The molecule has 2 aromatic rings. The largest absolute Gasteiger partial charge is 0.492 e. The number of rotatable bonds is 10. The third-order valence-corrected chi connectivity index (χ3v) is 5.64. The smallest absolute Gasteiger partial charge is 0.255 e. The second kappa shape index (κ2) is 12.6. The molecular weight excluding hydrogens is 432 g/mol. The lowest BCUT2D eigenvalue weighted by atomic mass is 9.97. The molecule has 2 aromatic carbocycles. The van der Waals surface area contributed by atoms with Gasteiger partial charge in [-0.3, -0.25) is 9.59 Å². The van der Waals surface area contributed by atoms with E-state index in [9.17, 15) is 9.59 Å². The van der Waals surface area contributed by atoms with Gasteiger partial charge in [-0.25, -0.2) is 0 Å². The molecule has 3 rings (SSSR count). The minimum Gasteiger partial charge on any atom is -0.492 e. The molecule has 8 nitrogen and oxygen atoms in total. The number of benzene rings is 2. The molecule has 0 radical (unpaired) electrons. The number of piperidine rings is 1. The van der Waals surface area contributed by atoms with Crippen molar-refractivity contribution in [3.05, 3.63) is 48.0 Å². The van der Waals surface area contributed by atoms with E-state index in [1.165, 1.54) is 0 Å². The van der Waals surface area contributed by atoms with Crippen LogP contribution < -0.4 is 20.1 Å². The molecule has 1 saturated heterocycles. The number of carbonyl (C=O) groups excluding carboxylic acids is 2. The number of ether oxygens (including phenoxy) is 2. The van der Waals surface area contributed by atoms with Gasteiger partial charge in [0.2, 0.25) is 5.91 Å². The van der Waals surface area contributed by atoms with Crippen LogP contribution in [-0.2, 0) is 4.79 Å².